The summed E-state index contributed by atoms with van der Waals surface area (Å²) in [7, 11) is 0. The Bertz CT molecular complexity index is 1250. The number of allylic oxidation sites excluding steroid dienone is 4. The molecule has 0 radical (unpaired) electrons. The van der Waals surface area contributed by atoms with Gasteiger partial charge in [0.2, 0.25) is 0 Å². The molecule has 0 unspecified atom stereocenters. The van der Waals surface area contributed by atoms with Crippen LogP contribution < -0.4 is 0 Å². The summed E-state index contributed by atoms with van der Waals surface area (Å²) < 4.78 is 4.75. The Balaban J connectivity index is 0.000000566. The number of nitrogens with zero attached hydrogens (tertiary/aromatic N) is 2. The number of hydrogen-bond acceptors (Lipinski definition) is 0. The zero-order chi connectivity index (χ0) is 36.3. The largest absolute Gasteiger partial charge is 0.348 e. The number of rotatable bonds is 27. The van der Waals surface area contributed by atoms with Gasteiger partial charge in [-0.1, -0.05) is 95.0 Å². The van der Waals surface area contributed by atoms with E-state index in [9.17, 15) is 0 Å². The van der Waals surface area contributed by atoms with Crippen molar-refractivity contribution in [1.29, 1.82) is 0 Å². The summed E-state index contributed by atoms with van der Waals surface area (Å²) in [6.45, 7) is 11.2. The standard InChI is InChI=1S/C29H38N2.2C9H17.Pd/c1-4-7-10-14-24-17-19-27(20-18-24)29(22-26(23-31-30)13-9-6-3)28-16-11-15-25(21-28)12-8-5-2;2*1-3-5-7-9-8-6-4-2;/h11,15-22H,4-10,12-14H2,1-3H3;2*1,3H,4-9H2,2H3;. The summed E-state index contributed by atoms with van der Waals surface area (Å²) in [4.78, 5) is 3.21. The number of aryl methyl sites for hydroxylation is 2. The monoisotopic (exact) mass is 770 g/mol. The van der Waals surface area contributed by atoms with E-state index in [1.54, 1.807) is 0 Å². The van der Waals surface area contributed by atoms with Crippen LogP contribution in [-0.2, 0) is 30.8 Å². The van der Waals surface area contributed by atoms with Gasteiger partial charge in [-0.3, -0.25) is 0 Å². The third-order valence-electron chi connectivity index (χ3n) is 8.92. The van der Waals surface area contributed by atoms with Crippen LogP contribution in [0.3, 0.4) is 0 Å². The first-order chi connectivity index (χ1) is 24.6. The van der Waals surface area contributed by atoms with Crippen LogP contribution in [0.1, 0.15) is 185 Å². The van der Waals surface area contributed by atoms with E-state index in [4.69, 9.17) is 5.53 Å². The van der Waals surface area contributed by atoms with Crippen molar-refractivity contribution in [2.24, 2.45) is 0 Å². The molecule has 0 heterocycles. The predicted molar refractivity (Wildman–Crippen MR) is 219 cm³/mol. The van der Waals surface area contributed by atoms with Crippen molar-refractivity contribution in [1.82, 2.24) is 0 Å². The minimum absolute atomic E-state index is 0.709. The molecule has 0 saturated carbocycles. The molecule has 2 aromatic rings. The van der Waals surface area contributed by atoms with E-state index in [1.165, 1.54) is 137 Å². The van der Waals surface area contributed by atoms with Crippen LogP contribution >= 0.6 is 0 Å². The molecular weight excluding hydrogens is 699 g/mol. The number of hydrogen-bond donors (Lipinski definition) is 0. The molecule has 0 aromatic heterocycles. The van der Waals surface area contributed by atoms with Gasteiger partial charge in [0.25, 0.3) is 0 Å². The third kappa shape index (κ3) is 23.8. The van der Waals surface area contributed by atoms with Crippen molar-refractivity contribution < 1.29 is 22.8 Å². The third-order valence-corrected chi connectivity index (χ3v) is 10.3. The second-order valence-electron chi connectivity index (χ2n) is 13.5. The topological polar surface area (TPSA) is 36.4 Å². The average molecular weight is 772 g/mol. The van der Waals surface area contributed by atoms with Gasteiger partial charge >= 0.3 is 136 Å². The van der Waals surface area contributed by atoms with Gasteiger partial charge in [-0.25, -0.2) is 0 Å². The summed E-state index contributed by atoms with van der Waals surface area (Å²) >= 11 is 0.709. The van der Waals surface area contributed by atoms with Gasteiger partial charge in [0.05, 0.1) is 5.57 Å². The van der Waals surface area contributed by atoms with Crippen molar-refractivity contribution in [2.45, 2.75) is 176 Å². The maximum atomic E-state index is 9.13. The van der Waals surface area contributed by atoms with E-state index in [0.717, 1.165) is 37.7 Å². The Hall–Kier alpha value is -2.52. The van der Waals surface area contributed by atoms with Crippen molar-refractivity contribution in [3.63, 3.8) is 0 Å². The Morgan fingerprint density at radius 3 is 1.74 bits per heavy atom. The normalized spacial score (nSPS) is 11.5. The first-order valence-electron chi connectivity index (χ1n) is 20.3. The summed E-state index contributed by atoms with van der Waals surface area (Å²) in [5.74, 6) is 2.80. The molecular formula is C47H72N2Pd. The second-order valence-corrected chi connectivity index (χ2v) is 15.1. The SMILES string of the molecule is CCCCCCCC=[CH][Pd][CH]=CCCCCCCC.CCCCCc1ccc(C(=CC(=C=[N+]=[N-])CCCC)c2cccc(CCCC)c2)cc1. The minimum Gasteiger partial charge on any atom is -0.348 e. The van der Waals surface area contributed by atoms with Crippen LogP contribution in [0.2, 0.25) is 0 Å². The van der Waals surface area contributed by atoms with Gasteiger partial charge in [0.15, 0.2) is 0 Å². The summed E-state index contributed by atoms with van der Waals surface area (Å²) in [5.41, 5.74) is 16.4. The molecule has 2 nitrogen and oxygen atoms in total. The first-order valence-corrected chi connectivity index (χ1v) is 22.1. The smallest absolute Gasteiger partial charge is 0.303 e. The molecule has 0 atom stereocenters. The molecule has 0 aliphatic heterocycles. The van der Waals surface area contributed by atoms with E-state index >= 15 is 0 Å². The van der Waals surface area contributed by atoms with Gasteiger partial charge in [0.1, 0.15) is 0 Å². The van der Waals surface area contributed by atoms with Gasteiger partial charge in [-0.15, -0.1) is 4.79 Å². The summed E-state index contributed by atoms with van der Waals surface area (Å²) in [5, 5.41) is 0. The average Bonchev–Trinajstić information content (AvgIpc) is 3.14. The molecule has 0 spiro atoms. The molecule has 50 heavy (non-hydrogen) atoms. The first kappa shape index (κ1) is 45.5. The summed E-state index contributed by atoms with van der Waals surface area (Å²) in [6, 6.07) is 17.9. The van der Waals surface area contributed by atoms with E-state index < -0.39 is 0 Å². The summed E-state index contributed by atoms with van der Waals surface area (Å²) in [6.07, 6.45) is 34.9. The molecule has 2 rings (SSSR count). The van der Waals surface area contributed by atoms with E-state index in [2.05, 4.69) is 121 Å². The van der Waals surface area contributed by atoms with Gasteiger partial charge in [-0.05, 0) is 72.4 Å². The Morgan fingerprint density at radius 2 is 1.16 bits per heavy atom. The maximum Gasteiger partial charge on any atom is 0.303 e. The van der Waals surface area contributed by atoms with Crippen LogP contribution in [0.15, 0.2) is 81.4 Å². The van der Waals surface area contributed by atoms with E-state index in [-0.39, 0.29) is 0 Å². The number of benzene rings is 2. The van der Waals surface area contributed by atoms with Crippen LogP contribution in [0.4, 0.5) is 0 Å². The zero-order valence-corrected chi connectivity index (χ0v) is 34.3. The quantitative estimate of drug-likeness (QED) is 0.0217. The van der Waals surface area contributed by atoms with Gasteiger partial charge < -0.3 is 5.53 Å². The molecule has 0 fully saturated rings. The zero-order valence-electron chi connectivity index (χ0n) is 32.8. The molecule has 0 saturated heterocycles. The van der Waals surface area contributed by atoms with Crippen LogP contribution in [0.25, 0.3) is 11.1 Å². The van der Waals surface area contributed by atoms with Crippen LogP contribution in [-0.4, -0.2) is 10.7 Å². The molecule has 280 valence electrons. The molecule has 0 bridgehead atoms. The molecule has 2 aromatic carbocycles. The van der Waals surface area contributed by atoms with Crippen molar-refractivity contribution in [3.8, 4) is 0 Å². The van der Waals surface area contributed by atoms with Crippen molar-refractivity contribution in [2.75, 3.05) is 0 Å². The van der Waals surface area contributed by atoms with Crippen LogP contribution in [0.5, 0.6) is 0 Å². The van der Waals surface area contributed by atoms with E-state index in [1.807, 2.05) is 0 Å². The molecule has 0 amide bonds. The second kappa shape index (κ2) is 33.6. The molecule has 3 heteroatoms. The van der Waals surface area contributed by atoms with Crippen molar-refractivity contribution in [3.05, 3.63) is 109 Å². The Labute approximate surface area is 317 Å². The number of unbranched alkanes of at least 4 members (excludes halogenated alkanes) is 14. The van der Waals surface area contributed by atoms with Crippen molar-refractivity contribution >= 4 is 11.4 Å². The van der Waals surface area contributed by atoms with Crippen LogP contribution in [0, 0.1) is 0 Å². The fraction of sp³-hybridized carbons (Fsp3) is 0.574. The van der Waals surface area contributed by atoms with Gasteiger partial charge in [0, 0.05) is 0 Å². The predicted octanol–water partition coefficient (Wildman–Crippen LogP) is 15.0. The molecule has 0 aliphatic rings. The fourth-order valence-corrected chi connectivity index (χ4v) is 6.88. The Morgan fingerprint density at radius 1 is 0.600 bits per heavy atom. The Kier molecular flexibility index (Phi) is 30.6. The molecule has 0 aliphatic carbocycles. The maximum absolute atomic E-state index is 9.13. The van der Waals surface area contributed by atoms with E-state index in [0.29, 0.717) is 18.0 Å². The molecule has 0 N–H and O–H groups in total. The fourth-order valence-electron chi connectivity index (χ4n) is 5.76. The van der Waals surface area contributed by atoms with Gasteiger partial charge in [-0.2, -0.15) is 0 Å². The minimum atomic E-state index is 0.709.